The summed E-state index contributed by atoms with van der Waals surface area (Å²) in [6.45, 7) is 7.96. The first kappa shape index (κ1) is 27.7. The molecule has 0 aliphatic carbocycles. The van der Waals surface area contributed by atoms with Gasteiger partial charge in [-0.2, -0.15) is 0 Å². The number of aryl methyl sites for hydroxylation is 1. The molecule has 0 bridgehead atoms. The van der Waals surface area contributed by atoms with Gasteiger partial charge in [0.05, 0.1) is 40.2 Å². The molecule has 9 nitrogen and oxygen atoms in total. The van der Waals surface area contributed by atoms with Gasteiger partial charge in [0.1, 0.15) is 12.1 Å². The molecule has 40 heavy (non-hydrogen) atoms. The smallest absolute Gasteiger partial charge is 0.246 e. The standard InChI is InChI=1S/C30H34N6O3S/c1-18(2)27(35-15-25(32-16-35)22-9-11-31-12-10-22)30(39)36-14-24(37)13-26(36)29(38)34-19(3)21-5-7-23(8-6-21)28-20(4)33-17-40-28/h5-12,15-19,24,26-27,37H,13-14H2,1-4H3,(H,34,38)/t19-,24+,26-,27-/m0/s1. The third kappa shape index (κ3) is 5.68. The van der Waals surface area contributed by atoms with Crippen LogP contribution < -0.4 is 5.32 Å². The van der Waals surface area contributed by atoms with Gasteiger partial charge >= 0.3 is 0 Å². The van der Waals surface area contributed by atoms with E-state index in [0.29, 0.717) is 0 Å². The Labute approximate surface area is 237 Å². The topological polar surface area (TPSA) is 113 Å². The Balaban J connectivity index is 1.30. The van der Waals surface area contributed by atoms with Gasteiger partial charge in [-0.05, 0) is 43.0 Å². The second kappa shape index (κ2) is 11.7. The van der Waals surface area contributed by atoms with Crippen LogP contribution in [0.3, 0.4) is 0 Å². The number of benzene rings is 1. The summed E-state index contributed by atoms with van der Waals surface area (Å²) < 4.78 is 1.80. The molecule has 4 aromatic rings. The van der Waals surface area contributed by atoms with Crippen LogP contribution in [0.2, 0.25) is 0 Å². The van der Waals surface area contributed by atoms with Crippen LogP contribution in [-0.2, 0) is 9.59 Å². The lowest BCUT2D eigenvalue weighted by atomic mass is 10.0. The minimum atomic E-state index is -0.764. The van der Waals surface area contributed by atoms with Gasteiger partial charge in [0, 0.05) is 37.1 Å². The molecule has 5 rings (SSSR count). The summed E-state index contributed by atoms with van der Waals surface area (Å²) >= 11 is 1.60. The third-order valence-corrected chi connectivity index (χ3v) is 8.40. The second-order valence-electron chi connectivity index (χ2n) is 10.6. The van der Waals surface area contributed by atoms with Crippen molar-refractivity contribution in [3.05, 3.63) is 78.1 Å². The van der Waals surface area contributed by atoms with Gasteiger partial charge in [0.25, 0.3) is 0 Å². The fraction of sp³-hybridized carbons (Fsp3) is 0.367. The minimum Gasteiger partial charge on any atom is -0.391 e. The number of carbonyl (C=O) groups excluding carboxylic acids is 2. The number of thiazole rings is 1. The van der Waals surface area contributed by atoms with E-state index in [0.717, 1.165) is 33.0 Å². The molecule has 3 aromatic heterocycles. The Kier molecular flexibility index (Phi) is 8.09. The summed E-state index contributed by atoms with van der Waals surface area (Å²) in [5.41, 5.74) is 6.51. The summed E-state index contributed by atoms with van der Waals surface area (Å²) in [6, 6.07) is 10.2. The molecular formula is C30H34N6O3S. The minimum absolute atomic E-state index is 0.0620. The van der Waals surface area contributed by atoms with Crippen molar-refractivity contribution >= 4 is 23.2 Å². The summed E-state index contributed by atoms with van der Waals surface area (Å²) in [7, 11) is 0. The van der Waals surface area contributed by atoms with Gasteiger partial charge in [-0.3, -0.25) is 14.6 Å². The Morgan fingerprint density at radius 1 is 1.05 bits per heavy atom. The number of carbonyl (C=O) groups is 2. The van der Waals surface area contributed by atoms with Crippen molar-refractivity contribution in [1.82, 2.24) is 29.7 Å². The number of nitrogens with zero attached hydrogens (tertiary/aromatic N) is 5. The first-order chi connectivity index (χ1) is 19.2. The number of nitrogens with one attached hydrogen (secondary N) is 1. The number of hydrogen-bond donors (Lipinski definition) is 2. The first-order valence-corrected chi connectivity index (χ1v) is 14.3. The average Bonchev–Trinajstić information content (AvgIpc) is 3.69. The number of imidazole rings is 1. The molecule has 1 fully saturated rings. The molecule has 2 N–H and O–H groups in total. The average molecular weight is 559 g/mol. The summed E-state index contributed by atoms with van der Waals surface area (Å²) in [5, 5.41) is 13.6. The van der Waals surface area contributed by atoms with E-state index in [1.54, 1.807) is 34.6 Å². The summed E-state index contributed by atoms with van der Waals surface area (Å²) in [5.74, 6) is -0.541. The number of aliphatic hydroxyl groups is 1. The normalized spacial score (nSPS) is 18.6. The number of aromatic nitrogens is 4. The monoisotopic (exact) mass is 558 g/mol. The highest BCUT2D eigenvalue weighted by Crippen LogP contribution is 2.30. The zero-order valence-electron chi connectivity index (χ0n) is 23.1. The van der Waals surface area contributed by atoms with Gasteiger partial charge in [-0.1, -0.05) is 38.1 Å². The molecule has 4 heterocycles. The maximum Gasteiger partial charge on any atom is 0.246 e. The molecule has 0 radical (unpaired) electrons. The summed E-state index contributed by atoms with van der Waals surface area (Å²) in [6.07, 6.45) is 6.33. The van der Waals surface area contributed by atoms with E-state index in [1.807, 2.05) is 75.8 Å². The van der Waals surface area contributed by atoms with Crippen molar-refractivity contribution in [2.45, 2.75) is 58.3 Å². The Morgan fingerprint density at radius 2 is 1.77 bits per heavy atom. The highest BCUT2D eigenvalue weighted by Gasteiger charge is 2.42. The Bertz CT molecular complexity index is 1470. The fourth-order valence-corrected chi connectivity index (χ4v) is 6.10. The molecule has 0 unspecified atom stereocenters. The lowest BCUT2D eigenvalue weighted by Gasteiger charge is -2.31. The highest BCUT2D eigenvalue weighted by molar-refractivity contribution is 7.13. The number of likely N-dealkylation sites (tertiary alicyclic amines) is 1. The number of pyridine rings is 1. The van der Waals surface area contributed by atoms with Crippen molar-refractivity contribution in [3.8, 4) is 21.7 Å². The molecule has 1 aromatic carbocycles. The predicted octanol–water partition coefficient (Wildman–Crippen LogP) is 4.41. The molecule has 1 aliphatic rings. The van der Waals surface area contributed by atoms with Crippen molar-refractivity contribution in [2.24, 2.45) is 5.92 Å². The molecule has 1 aliphatic heterocycles. The van der Waals surface area contributed by atoms with E-state index in [1.165, 1.54) is 4.90 Å². The lowest BCUT2D eigenvalue weighted by Crippen LogP contribution is -2.49. The van der Waals surface area contributed by atoms with Gasteiger partial charge in [-0.15, -0.1) is 11.3 Å². The fourth-order valence-electron chi connectivity index (χ4n) is 5.29. The number of hydrogen-bond acceptors (Lipinski definition) is 7. The van der Waals surface area contributed by atoms with Crippen molar-refractivity contribution in [1.29, 1.82) is 0 Å². The molecular weight excluding hydrogens is 524 g/mol. The second-order valence-corrected chi connectivity index (χ2v) is 11.5. The maximum atomic E-state index is 13.9. The first-order valence-electron chi connectivity index (χ1n) is 13.5. The van der Waals surface area contributed by atoms with Gasteiger partial charge < -0.3 is 19.9 Å². The number of rotatable bonds is 8. The molecule has 2 amide bonds. The van der Waals surface area contributed by atoms with E-state index in [2.05, 4.69) is 20.3 Å². The Hall–Kier alpha value is -3.89. The van der Waals surface area contributed by atoms with Crippen molar-refractivity contribution in [2.75, 3.05) is 6.54 Å². The number of β-amino-alcohol motifs (C(OH)–C–C–N with tert-alkyl or cyclic N) is 1. The molecule has 1 saturated heterocycles. The van der Waals surface area contributed by atoms with E-state index >= 15 is 0 Å². The van der Waals surface area contributed by atoms with E-state index in [4.69, 9.17) is 0 Å². The van der Waals surface area contributed by atoms with Crippen LogP contribution >= 0.6 is 11.3 Å². The lowest BCUT2D eigenvalue weighted by molar-refractivity contribution is -0.142. The van der Waals surface area contributed by atoms with Crippen LogP contribution in [0, 0.1) is 12.8 Å². The largest absolute Gasteiger partial charge is 0.391 e. The van der Waals surface area contributed by atoms with Gasteiger partial charge in [0.15, 0.2) is 0 Å². The third-order valence-electron chi connectivity index (χ3n) is 7.43. The zero-order valence-corrected chi connectivity index (χ0v) is 23.9. The van der Waals surface area contributed by atoms with Crippen molar-refractivity contribution in [3.63, 3.8) is 0 Å². The molecule has 0 saturated carbocycles. The van der Waals surface area contributed by atoms with Gasteiger partial charge in [0.2, 0.25) is 11.8 Å². The number of aliphatic hydroxyl groups excluding tert-OH is 1. The Morgan fingerprint density at radius 3 is 2.42 bits per heavy atom. The van der Waals surface area contributed by atoms with E-state index in [-0.39, 0.29) is 36.7 Å². The predicted molar refractivity (Wildman–Crippen MR) is 154 cm³/mol. The quantitative estimate of drug-likeness (QED) is 0.331. The van der Waals surface area contributed by atoms with E-state index in [9.17, 15) is 14.7 Å². The number of amides is 2. The van der Waals surface area contributed by atoms with Crippen LogP contribution in [0.1, 0.15) is 50.5 Å². The molecule has 4 atom stereocenters. The summed E-state index contributed by atoms with van der Waals surface area (Å²) in [4.78, 5) is 42.9. The van der Waals surface area contributed by atoms with Crippen LogP contribution in [0.5, 0.6) is 0 Å². The van der Waals surface area contributed by atoms with Crippen LogP contribution in [0.4, 0.5) is 0 Å². The maximum absolute atomic E-state index is 13.9. The molecule has 208 valence electrons. The highest BCUT2D eigenvalue weighted by atomic mass is 32.1. The molecule has 0 spiro atoms. The van der Waals surface area contributed by atoms with E-state index < -0.39 is 18.2 Å². The van der Waals surface area contributed by atoms with Crippen LogP contribution in [0.25, 0.3) is 21.7 Å². The van der Waals surface area contributed by atoms with Crippen LogP contribution in [-0.4, -0.2) is 60.0 Å². The van der Waals surface area contributed by atoms with Crippen LogP contribution in [0.15, 0.2) is 66.8 Å². The zero-order chi connectivity index (χ0) is 28.4. The van der Waals surface area contributed by atoms with Crippen molar-refractivity contribution < 1.29 is 14.7 Å². The SMILES string of the molecule is Cc1ncsc1-c1ccc([C@H](C)NC(=O)[C@@H]2C[C@@H](O)CN2C(=O)[C@H](C(C)C)n2cnc(-c3ccncc3)c2)cc1. The molecule has 10 heteroatoms. The van der Waals surface area contributed by atoms with Gasteiger partial charge in [-0.25, -0.2) is 9.97 Å².